The van der Waals surface area contributed by atoms with E-state index < -0.39 is 0 Å². The van der Waals surface area contributed by atoms with Crippen LogP contribution >= 0.6 is 0 Å². The Balaban J connectivity index is 2.56. The Hall–Kier alpha value is -1.35. The fourth-order valence-corrected chi connectivity index (χ4v) is 2.02. The van der Waals surface area contributed by atoms with E-state index in [1.807, 2.05) is 7.05 Å². The second kappa shape index (κ2) is 4.66. The number of aromatic nitrogens is 2. The number of rotatable bonds is 4. The molecule has 3 nitrogen and oxygen atoms in total. The molecule has 0 aliphatic rings. The number of hydrogen-bond donors (Lipinski definition) is 1. The fourth-order valence-electron chi connectivity index (χ4n) is 2.02. The third-order valence-electron chi connectivity index (χ3n) is 2.77. The van der Waals surface area contributed by atoms with Gasteiger partial charge in [-0.2, -0.15) is 0 Å². The normalized spacial score (nSPS) is 11.2. The van der Waals surface area contributed by atoms with Crippen molar-refractivity contribution in [2.45, 2.75) is 33.2 Å². The number of nitrogens with one attached hydrogen (secondary N) is 1. The summed E-state index contributed by atoms with van der Waals surface area (Å²) in [6.07, 6.45) is 4.29. The van der Waals surface area contributed by atoms with Gasteiger partial charge in [-0.25, -0.2) is 4.98 Å². The third kappa shape index (κ3) is 1.95. The monoisotopic (exact) mass is 217 g/mol. The van der Waals surface area contributed by atoms with Crippen molar-refractivity contribution in [3.63, 3.8) is 0 Å². The molecule has 2 rings (SSSR count). The van der Waals surface area contributed by atoms with Gasteiger partial charge in [0, 0.05) is 19.2 Å². The Labute approximate surface area is 96.5 Å². The van der Waals surface area contributed by atoms with Crippen molar-refractivity contribution in [3.05, 3.63) is 35.4 Å². The molecule has 0 saturated carbocycles. The van der Waals surface area contributed by atoms with E-state index in [1.54, 1.807) is 0 Å². The Kier molecular flexibility index (Phi) is 3.25. The van der Waals surface area contributed by atoms with Crippen LogP contribution in [0.3, 0.4) is 0 Å². The molecule has 0 radical (unpaired) electrons. The SMILES string of the molecule is CCCc1nc(CNC)c2cc(C)ccn12. The van der Waals surface area contributed by atoms with Gasteiger partial charge in [-0.05, 0) is 38.1 Å². The summed E-state index contributed by atoms with van der Waals surface area (Å²) in [5.74, 6) is 1.17. The highest BCUT2D eigenvalue weighted by Crippen LogP contribution is 2.16. The maximum absolute atomic E-state index is 4.71. The first-order valence-corrected chi connectivity index (χ1v) is 5.87. The van der Waals surface area contributed by atoms with Crippen molar-refractivity contribution in [1.82, 2.24) is 14.7 Å². The first-order chi connectivity index (χ1) is 7.76. The zero-order valence-electron chi connectivity index (χ0n) is 10.2. The first kappa shape index (κ1) is 11.1. The van der Waals surface area contributed by atoms with Crippen LogP contribution in [0.25, 0.3) is 5.52 Å². The highest BCUT2D eigenvalue weighted by atomic mass is 15.0. The van der Waals surface area contributed by atoms with Crippen LogP contribution in [0.5, 0.6) is 0 Å². The fraction of sp³-hybridized carbons (Fsp3) is 0.462. The van der Waals surface area contributed by atoms with E-state index >= 15 is 0 Å². The van der Waals surface area contributed by atoms with Gasteiger partial charge in [-0.3, -0.25) is 0 Å². The first-order valence-electron chi connectivity index (χ1n) is 5.87. The number of fused-ring (bicyclic) bond motifs is 1. The van der Waals surface area contributed by atoms with Crippen molar-refractivity contribution >= 4 is 5.52 Å². The quantitative estimate of drug-likeness (QED) is 0.851. The second-order valence-electron chi connectivity index (χ2n) is 4.21. The topological polar surface area (TPSA) is 29.3 Å². The van der Waals surface area contributed by atoms with Gasteiger partial charge in [0.05, 0.1) is 11.2 Å². The largest absolute Gasteiger partial charge is 0.314 e. The summed E-state index contributed by atoms with van der Waals surface area (Å²) in [7, 11) is 1.96. The molecule has 2 aromatic rings. The summed E-state index contributed by atoms with van der Waals surface area (Å²) in [5, 5.41) is 3.18. The summed E-state index contributed by atoms with van der Waals surface area (Å²) in [5.41, 5.74) is 3.67. The summed E-state index contributed by atoms with van der Waals surface area (Å²) in [4.78, 5) is 4.71. The van der Waals surface area contributed by atoms with Crippen LogP contribution in [-0.4, -0.2) is 16.4 Å². The van der Waals surface area contributed by atoms with Gasteiger partial charge in [-0.15, -0.1) is 0 Å². The minimum absolute atomic E-state index is 0.830. The van der Waals surface area contributed by atoms with Crippen molar-refractivity contribution in [3.8, 4) is 0 Å². The summed E-state index contributed by atoms with van der Waals surface area (Å²) >= 11 is 0. The van der Waals surface area contributed by atoms with Crippen LogP contribution in [0.4, 0.5) is 0 Å². The van der Waals surface area contributed by atoms with E-state index in [2.05, 4.69) is 41.9 Å². The molecule has 0 unspecified atom stereocenters. The molecule has 16 heavy (non-hydrogen) atoms. The molecule has 0 aliphatic heterocycles. The molecule has 1 N–H and O–H groups in total. The van der Waals surface area contributed by atoms with E-state index in [-0.39, 0.29) is 0 Å². The summed E-state index contributed by atoms with van der Waals surface area (Å²) in [6, 6.07) is 4.34. The predicted molar refractivity (Wildman–Crippen MR) is 66.7 cm³/mol. The van der Waals surface area contributed by atoms with E-state index in [4.69, 9.17) is 4.98 Å². The lowest BCUT2D eigenvalue weighted by molar-refractivity contribution is 0.784. The number of hydrogen-bond acceptors (Lipinski definition) is 2. The maximum Gasteiger partial charge on any atom is 0.113 e. The highest BCUT2D eigenvalue weighted by Gasteiger charge is 2.09. The standard InChI is InChI=1S/C13H19N3/c1-4-5-13-15-11(9-14-3)12-8-10(2)6-7-16(12)13/h6-8,14H,4-5,9H2,1-3H3. The van der Waals surface area contributed by atoms with Crippen molar-refractivity contribution in [1.29, 1.82) is 0 Å². The zero-order valence-corrected chi connectivity index (χ0v) is 10.2. The molecule has 0 saturated heterocycles. The lowest BCUT2D eigenvalue weighted by Crippen LogP contribution is -2.05. The van der Waals surface area contributed by atoms with E-state index in [0.29, 0.717) is 0 Å². The van der Waals surface area contributed by atoms with Crippen molar-refractivity contribution < 1.29 is 0 Å². The molecular formula is C13H19N3. The Morgan fingerprint density at radius 1 is 1.44 bits per heavy atom. The van der Waals surface area contributed by atoms with Crippen LogP contribution in [0.2, 0.25) is 0 Å². The van der Waals surface area contributed by atoms with Gasteiger partial charge in [0.1, 0.15) is 5.82 Å². The zero-order chi connectivity index (χ0) is 11.5. The van der Waals surface area contributed by atoms with Gasteiger partial charge in [-0.1, -0.05) is 6.92 Å². The molecule has 0 spiro atoms. The minimum atomic E-state index is 0.830. The van der Waals surface area contributed by atoms with Gasteiger partial charge in [0.2, 0.25) is 0 Å². The van der Waals surface area contributed by atoms with Crippen LogP contribution in [-0.2, 0) is 13.0 Å². The average Bonchev–Trinajstić information content (AvgIpc) is 2.58. The number of nitrogens with zero attached hydrogens (tertiary/aromatic N) is 2. The molecule has 0 aromatic carbocycles. The van der Waals surface area contributed by atoms with Gasteiger partial charge in [0.25, 0.3) is 0 Å². The van der Waals surface area contributed by atoms with Crippen LogP contribution in [0.15, 0.2) is 18.3 Å². The molecule has 0 amide bonds. The number of pyridine rings is 1. The predicted octanol–water partition coefficient (Wildman–Crippen LogP) is 2.31. The van der Waals surface area contributed by atoms with Gasteiger partial charge < -0.3 is 9.72 Å². The molecule has 86 valence electrons. The van der Waals surface area contributed by atoms with Crippen LogP contribution < -0.4 is 5.32 Å². The van der Waals surface area contributed by atoms with Crippen molar-refractivity contribution in [2.75, 3.05) is 7.05 Å². The Bertz CT molecular complexity index is 485. The van der Waals surface area contributed by atoms with Gasteiger partial charge in [0.15, 0.2) is 0 Å². The third-order valence-corrected chi connectivity index (χ3v) is 2.77. The number of imidazole rings is 1. The molecule has 0 bridgehead atoms. The molecule has 3 heteroatoms. The molecule has 2 aromatic heterocycles. The molecule has 0 atom stereocenters. The lowest BCUT2D eigenvalue weighted by atomic mass is 10.2. The van der Waals surface area contributed by atoms with Gasteiger partial charge >= 0.3 is 0 Å². The smallest absolute Gasteiger partial charge is 0.113 e. The van der Waals surface area contributed by atoms with E-state index in [0.717, 1.165) is 25.1 Å². The van der Waals surface area contributed by atoms with Crippen LogP contribution in [0.1, 0.15) is 30.4 Å². The van der Waals surface area contributed by atoms with Crippen LogP contribution in [0, 0.1) is 6.92 Å². The average molecular weight is 217 g/mol. The lowest BCUT2D eigenvalue weighted by Gasteiger charge is -2.00. The Morgan fingerprint density at radius 2 is 2.25 bits per heavy atom. The number of aryl methyl sites for hydroxylation is 2. The highest BCUT2D eigenvalue weighted by molar-refractivity contribution is 5.55. The molecule has 0 aliphatic carbocycles. The van der Waals surface area contributed by atoms with E-state index in [9.17, 15) is 0 Å². The molecule has 0 fully saturated rings. The molecular weight excluding hydrogens is 198 g/mol. The summed E-state index contributed by atoms with van der Waals surface area (Å²) < 4.78 is 2.21. The summed E-state index contributed by atoms with van der Waals surface area (Å²) in [6.45, 7) is 5.14. The van der Waals surface area contributed by atoms with E-state index in [1.165, 1.54) is 16.9 Å². The molecule has 2 heterocycles. The second-order valence-corrected chi connectivity index (χ2v) is 4.21. The Morgan fingerprint density at radius 3 is 2.94 bits per heavy atom. The minimum Gasteiger partial charge on any atom is -0.314 e. The maximum atomic E-state index is 4.71. The van der Waals surface area contributed by atoms with Crippen molar-refractivity contribution in [2.24, 2.45) is 0 Å².